The summed E-state index contributed by atoms with van der Waals surface area (Å²) in [6.45, 7) is 1.82. The monoisotopic (exact) mass is 328 g/mol. The molecule has 1 aromatic heterocycles. The average Bonchev–Trinajstić information content (AvgIpc) is 2.42. The smallest absolute Gasteiger partial charge is 0.266 e. The van der Waals surface area contributed by atoms with Gasteiger partial charge in [0.1, 0.15) is 15.7 Å². The van der Waals surface area contributed by atoms with Gasteiger partial charge in [-0.15, -0.1) is 0 Å². The fourth-order valence-corrected chi connectivity index (χ4v) is 3.55. The van der Waals surface area contributed by atoms with Crippen LogP contribution < -0.4 is 9.86 Å². The lowest BCUT2D eigenvalue weighted by Gasteiger charge is -2.22. The molecule has 0 saturated carbocycles. The van der Waals surface area contributed by atoms with Crippen molar-refractivity contribution in [2.45, 2.75) is 11.8 Å². The maximum Gasteiger partial charge on any atom is 0.266 e. The van der Waals surface area contributed by atoms with Crippen molar-refractivity contribution < 1.29 is 13.5 Å². The van der Waals surface area contributed by atoms with E-state index >= 15 is 0 Å². The number of benzene rings is 1. The standard InChI is InChI=1S/C13H13ClN2O4S/c1-2-16(9-4-3-5-10(17)6-9)21(19,20)11-7-12(14)13(18)15-8-11/h3-8,17H,2H2,1H3,(H,15,18). The Balaban J connectivity index is 2.54. The van der Waals surface area contributed by atoms with Gasteiger partial charge in [-0.2, -0.15) is 0 Å². The Labute approximate surface area is 126 Å². The van der Waals surface area contributed by atoms with Gasteiger partial charge >= 0.3 is 0 Å². The molecule has 0 bridgehead atoms. The number of hydrogen-bond donors (Lipinski definition) is 2. The average molecular weight is 329 g/mol. The first kappa shape index (κ1) is 15.4. The van der Waals surface area contributed by atoms with E-state index in [0.29, 0.717) is 5.69 Å². The Morgan fingerprint density at radius 1 is 1.33 bits per heavy atom. The lowest BCUT2D eigenvalue weighted by molar-refractivity contribution is 0.475. The topological polar surface area (TPSA) is 90.5 Å². The van der Waals surface area contributed by atoms with Crippen molar-refractivity contribution in [1.29, 1.82) is 0 Å². The van der Waals surface area contributed by atoms with E-state index in [1.54, 1.807) is 19.1 Å². The molecule has 2 aromatic rings. The molecular weight excluding hydrogens is 316 g/mol. The summed E-state index contributed by atoms with van der Waals surface area (Å²) in [4.78, 5) is 13.4. The Bertz CT molecular complexity index is 817. The van der Waals surface area contributed by atoms with Gasteiger partial charge < -0.3 is 10.1 Å². The number of aromatic hydroxyl groups is 1. The number of aromatic amines is 1. The van der Waals surface area contributed by atoms with Crippen LogP contribution in [0.15, 0.2) is 46.2 Å². The van der Waals surface area contributed by atoms with E-state index in [9.17, 15) is 18.3 Å². The van der Waals surface area contributed by atoms with Gasteiger partial charge in [-0.25, -0.2) is 8.42 Å². The van der Waals surface area contributed by atoms with Gasteiger partial charge in [-0.3, -0.25) is 9.10 Å². The van der Waals surface area contributed by atoms with Crippen LogP contribution in [-0.2, 0) is 10.0 Å². The maximum absolute atomic E-state index is 12.6. The number of anilines is 1. The summed E-state index contributed by atoms with van der Waals surface area (Å²) in [6, 6.07) is 6.99. The number of nitrogens with one attached hydrogen (secondary N) is 1. The Morgan fingerprint density at radius 3 is 2.62 bits per heavy atom. The third-order valence-electron chi connectivity index (χ3n) is 2.82. The summed E-state index contributed by atoms with van der Waals surface area (Å²) in [7, 11) is -3.89. The highest BCUT2D eigenvalue weighted by Gasteiger charge is 2.24. The van der Waals surface area contributed by atoms with Gasteiger partial charge in [0.2, 0.25) is 0 Å². The molecular formula is C13H13ClN2O4S. The molecule has 0 spiro atoms. The van der Waals surface area contributed by atoms with Crippen molar-refractivity contribution >= 4 is 27.3 Å². The van der Waals surface area contributed by atoms with Crippen LogP contribution in [0.25, 0.3) is 0 Å². The first-order valence-electron chi connectivity index (χ1n) is 6.06. The van der Waals surface area contributed by atoms with E-state index in [0.717, 1.165) is 16.6 Å². The number of nitrogens with zero attached hydrogens (tertiary/aromatic N) is 1. The van der Waals surface area contributed by atoms with E-state index < -0.39 is 15.6 Å². The number of sulfonamides is 1. The van der Waals surface area contributed by atoms with Gasteiger partial charge in [-0.05, 0) is 25.1 Å². The summed E-state index contributed by atoms with van der Waals surface area (Å²) >= 11 is 5.67. The molecule has 0 atom stereocenters. The highest BCUT2D eigenvalue weighted by Crippen LogP contribution is 2.26. The highest BCUT2D eigenvalue weighted by atomic mass is 35.5. The van der Waals surface area contributed by atoms with E-state index in [2.05, 4.69) is 4.98 Å². The Hall–Kier alpha value is -1.99. The molecule has 2 rings (SSSR count). The third kappa shape index (κ3) is 3.03. The van der Waals surface area contributed by atoms with Crippen LogP contribution in [0.3, 0.4) is 0 Å². The van der Waals surface area contributed by atoms with E-state index in [1.807, 2.05) is 0 Å². The van der Waals surface area contributed by atoms with Crippen LogP contribution in [0.5, 0.6) is 5.75 Å². The number of pyridine rings is 1. The van der Waals surface area contributed by atoms with Gasteiger partial charge in [0, 0.05) is 18.8 Å². The van der Waals surface area contributed by atoms with Crippen molar-refractivity contribution in [3.63, 3.8) is 0 Å². The first-order valence-corrected chi connectivity index (χ1v) is 7.88. The zero-order valence-electron chi connectivity index (χ0n) is 11.1. The van der Waals surface area contributed by atoms with Gasteiger partial charge in [-0.1, -0.05) is 17.7 Å². The number of H-pyrrole nitrogens is 1. The van der Waals surface area contributed by atoms with Crippen molar-refractivity contribution in [2.75, 3.05) is 10.8 Å². The number of phenols is 1. The highest BCUT2D eigenvalue weighted by molar-refractivity contribution is 7.92. The molecule has 0 aliphatic rings. The maximum atomic E-state index is 12.6. The van der Waals surface area contributed by atoms with Crippen molar-refractivity contribution in [1.82, 2.24) is 4.98 Å². The fraction of sp³-hybridized carbons (Fsp3) is 0.154. The summed E-state index contributed by atoms with van der Waals surface area (Å²) in [5.41, 5.74) is -0.240. The van der Waals surface area contributed by atoms with E-state index in [1.165, 1.54) is 12.1 Å². The lowest BCUT2D eigenvalue weighted by Crippen LogP contribution is -2.31. The quantitative estimate of drug-likeness (QED) is 0.897. The second kappa shape index (κ2) is 5.79. The molecule has 112 valence electrons. The van der Waals surface area contributed by atoms with Gasteiger partial charge in [0.15, 0.2) is 0 Å². The van der Waals surface area contributed by atoms with Crippen LogP contribution in [0.1, 0.15) is 6.92 Å². The first-order chi connectivity index (χ1) is 9.86. The zero-order chi connectivity index (χ0) is 15.6. The number of phenolic OH excluding ortho intramolecular Hbond substituents is 1. The van der Waals surface area contributed by atoms with E-state index in [-0.39, 0.29) is 22.2 Å². The second-order valence-electron chi connectivity index (χ2n) is 4.20. The van der Waals surface area contributed by atoms with Crippen LogP contribution in [-0.4, -0.2) is 25.1 Å². The summed E-state index contributed by atoms with van der Waals surface area (Å²) < 4.78 is 26.3. The number of halogens is 1. The molecule has 0 saturated heterocycles. The largest absolute Gasteiger partial charge is 0.508 e. The van der Waals surface area contributed by atoms with Crippen LogP contribution in [0.2, 0.25) is 5.02 Å². The van der Waals surface area contributed by atoms with Crippen molar-refractivity contribution in [3.8, 4) is 5.75 Å². The fourth-order valence-electron chi connectivity index (χ4n) is 1.85. The SMILES string of the molecule is CCN(c1cccc(O)c1)S(=O)(=O)c1c[nH]c(=O)c(Cl)c1. The summed E-state index contributed by atoms with van der Waals surface area (Å²) in [5.74, 6) is -0.0411. The molecule has 0 radical (unpaired) electrons. The minimum Gasteiger partial charge on any atom is -0.508 e. The lowest BCUT2D eigenvalue weighted by atomic mass is 10.3. The minimum absolute atomic E-state index is 0.0411. The predicted octanol–water partition coefficient (Wildman–Crippen LogP) is 1.95. The molecule has 6 nitrogen and oxygen atoms in total. The predicted molar refractivity (Wildman–Crippen MR) is 80.4 cm³/mol. The van der Waals surface area contributed by atoms with Crippen LogP contribution >= 0.6 is 11.6 Å². The number of aromatic nitrogens is 1. The normalized spacial score (nSPS) is 11.3. The van der Waals surface area contributed by atoms with Crippen molar-refractivity contribution in [3.05, 3.63) is 51.9 Å². The second-order valence-corrected chi connectivity index (χ2v) is 6.47. The molecule has 1 aromatic carbocycles. The molecule has 1 heterocycles. The molecule has 2 N–H and O–H groups in total. The molecule has 8 heteroatoms. The summed E-state index contributed by atoms with van der Waals surface area (Å²) in [6.07, 6.45) is 1.09. The Kier molecular flexibility index (Phi) is 4.24. The third-order valence-corrected chi connectivity index (χ3v) is 4.99. The molecule has 0 aliphatic heterocycles. The van der Waals surface area contributed by atoms with E-state index in [4.69, 9.17) is 11.6 Å². The Morgan fingerprint density at radius 2 is 2.05 bits per heavy atom. The molecule has 21 heavy (non-hydrogen) atoms. The zero-order valence-corrected chi connectivity index (χ0v) is 12.6. The molecule has 0 amide bonds. The number of rotatable bonds is 4. The summed E-state index contributed by atoms with van der Waals surface area (Å²) in [5, 5.41) is 9.28. The number of hydrogen-bond acceptors (Lipinski definition) is 4. The van der Waals surface area contributed by atoms with Crippen molar-refractivity contribution in [2.24, 2.45) is 0 Å². The van der Waals surface area contributed by atoms with Crippen LogP contribution in [0, 0.1) is 0 Å². The molecule has 0 unspecified atom stereocenters. The van der Waals surface area contributed by atoms with Gasteiger partial charge in [0.25, 0.3) is 15.6 Å². The molecule has 0 aliphatic carbocycles. The van der Waals surface area contributed by atoms with Crippen LogP contribution in [0.4, 0.5) is 5.69 Å². The minimum atomic E-state index is -3.89. The van der Waals surface area contributed by atoms with Gasteiger partial charge in [0.05, 0.1) is 5.69 Å². The molecule has 0 fully saturated rings.